The Bertz CT molecular complexity index is 937. The van der Waals surface area contributed by atoms with Crippen LogP contribution in [0.4, 0.5) is 4.79 Å². The highest BCUT2D eigenvalue weighted by Gasteiger charge is 2.46. The number of rotatable bonds is 6. The number of esters is 1. The molecule has 0 saturated carbocycles. The summed E-state index contributed by atoms with van der Waals surface area (Å²) in [5.41, 5.74) is -0.420. The SMILES string of the molecule is CC[C@]1(C)NC(=O)N(/N=C\c2ccc(OC(=O)c3ccco3)c(OC)c2)C1=O. The maximum atomic E-state index is 12.3. The molecule has 28 heavy (non-hydrogen) atoms. The molecule has 0 unspecified atom stereocenters. The highest BCUT2D eigenvalue weighted by atomic mass is 16.6. The van der Waals surface area contributed by atoms with Crippen LogP contribution in [-0.4, -0.2) is 41.8 Å². The molecule has 1 aliphatic heterocycles. The predicted octanol–water partition coefficient (Wildman–Crippen LogP) is 2.56. The fraction of sp³-hybridized carbons (Fsp3) is 0.263. The molecule has 2 heterocycles. The Balaban J connectivity index is 1.77. The molecule has 0 bridgehead atoms. The molecule has 3 amide bonds. The number of hydrogen-bond acceptors (Lipinski definition) is 7. The molecule has 9 nitrogen and oxygen atoms in total. The zero-order valence-corrected chi connectivity index (χ0v) is 15.6. The van der Waals surface area contributed by atoms with Crippen molar-refractivity contribution in [2.45, 2.75) is 25.8 Å². The molecular weight excluding hydrogens is 366 g/mol. The van der Waals surface area contributed by atoms with Gasteiger partial charge in [-0.2, -0.15) is 5.10 Å². The van der Waals surface area contributed by atoms with Gasteiger partial charge < -0.3 is 19.2 Å². The van der Waals surface area contributed by atoms with Crippen LogP contribution < -0.4 is 14.8 Å². The second-order valence-corrected chi connectivity index (χ2v) is 6.25. The van der Waals surface area contributed by atoms with Gasteiger partial charge in [0.2, 0.25) is 5.76 Å². The van der Waals surface area contributed by atoms with Crippen LogP contribution in [0.5, 0.6) is 11.5 Å². The van der Waals surface area contributed by atoms with Gasteiger partial charge in [-0.15, -0.1) is 5.01 Å². The summed E-state index contributed by atoms with van der Waals surface area (Å²) in [5.74, 6) is -0.561. The maximum Gasteiger partial charge on any atom is 0.379 e. The van der Waals surface area contributed by atoms with Crippen LogP contribution in [0, 0.1) is 0 Å². The number of hydrogen-bond donors (Lipinski definition) is 1. The number of carbonyl (C=O) groups is 3. The zero-order chi connectivity index (χ0) is 20.3. The number of furan rings is 1. The summed E-state index contributed by atoms with van der Waals surface area (Å²) in [5, 5.41) is 7.38. The van der Waals surface area contributed by atoms with Crippen molar-refractivity contribution in [1.82, 2.24) is 10.3 Å². The monoisotopic (exact) mass is 385 g/mol. The topological polar surface area (TPSA) is 110 Å². The van der Waals surface area contributed by atoms with Crippen molar-refractivity contribution in [3.8, 4) is 11.5 Å². The van der Waals surface area contributed by atoms with Crippen molar-refractivity contribution in [3.63, 3.8) is 0 Å². The fourth-order valence-corrected chi connectivity index (χ4v) is 2.53. The summed E-state index contributed by atoms with van der Waals surface area (Å²) >= 11 is 0. The van der Waals surface area contributed by atoms with Crippen molar-refractivity contribution >= 4 is 24.1 Å². The van der Waals surface area contributed by atoms with E-state index in [0.717, 1.165) is 5.01 Å². The van der Waals surface area contributed by atoms with E-state index in [1.54, 1.807) is 32.0 Å². The number of benzene rings is 1. The number of amides is 3. The van der Waals surface area contributed by atoms with Gasteiger partial charge in [0.05, 0.1) is 19.6 Å². The van der Waals surface area contributed by atoms with Crippen molar-refractivity contribution < 1.29 is 28.3 Å². The summed E-state index contributed by atoms with van der Waals surface area (Å²) in [7, 11) is 1.42. The molecule has 0 spiro atoms. The van der Waals surface area contributed by atoms with Crippen LogP contribution in [0.15, 0.2) is 46.1 Å². The molecule has 1 aliphatic rings. The third-order valence-corrected chi connectivity index (χ3v) is 4.38. The van der Waals surface area contributed by atoms with Gasteiger partial charge in [0.15, 0.2) is 11.5 Å². The number of hydrazone groups is 1. The van der Waals surface area contributed by atoms with E-state index in [1.807, 2.05) is 0 Å². The minimum absolute atomic E-state index is 0.0604. The van der Waals surface area contributed by atoms with Crippen molar-refractivity contribution in [2.75, 3.05) is 7.11 Å². The number of methoxy groups -OCH3 is 1. The smallest absolute Gasteiger partial charge is 0.379 e. The second-order valence-electron chi connectivity index (χ2n) is 6.25. The number of urea groups is 1. The lowest BCUT2D eigenvalue weighted by Crippen LogP contribution is -2.42. The van der Waals surface area contributed by atoms with E-state index < -0.39 is 23.4 Å². The van der Waals surface area contributed by atoms with Gasteiger partial charge in [0.25, 0.3) is 5.91 Å². The quantitative estimate of drug-likeness (QED) is 0.354. The Morgan fingerprint density at radius 2 is 2.11 bits per heavy atom. The normalized spacial score (nSPS) is 19.2. The van der Waals surface area contributed by atoms with Crippen LogP contribution in [0.25, 0.3) is 0 Å². The first-order valence-corrected chi connectivity index (χ1v) is 8.52. The van der Waals surface area contributed by atoms with Gasteiger partial charge in [0, 0.05) is 0 Å². The summed E-state index contributed by atoms with van der Waals surface area (Å²) in [6, 6.07) is 7.16. The summed E-state index contributed by atoms with van der Waals surface area (Å²) < 4.78 is 15.5. The van der Waals surface area contributed by atoms with Gasteiger partial charge >= 0.3 is 12.0 Å². The van der Waals surface area contributed by atoms with E-state index in [0.29, 0.717) is 12.0 Å². The lowest BCUT2D eigenvalue weighted by atomic mass is 10.00. The highest BCUT2D eigenvalue weighted by Crippen LogP contribution is 2.28. The molecule has 1 aromatic heterocycles. The van der Waals surface area contributed by atoms with Gasteiger partial charge in [-0.1, -0.05) is 6.92 Å². The van der Waals surface area contributed by atoms with E-state index in [2.05, 4.69) is 10.4 Å². The molecule has 0 aliphatic carbocycles. The fourth-order valence-electron chi connectivity index (χ4n) is 2.53. The molecule has 2 aromatic rings. The number of ether oxygens (including phenoxy) is 2. The molecule has 3 rings (SSSR count). The average molecular weight is 385 g/mol. The number of imide groups is 1. The minimum Gasteiger partial charge on any atom is -0.493 e. The van der Waals surface area contributed by atoms with Crippen LogP contribution >= 0.6 is 0 Å². The van der Waals surface area contributed by atoms with E-state index in [-0.39, 0.29) is 17.3 Å². The van der Waals surface area contributed by atoms with E-state index in [9.17, 15) is 14.4 Å². The Morgan fingerprint density at radius 1 is 1.32 bits per heavy atom. The molecule has 9 heteroatoms. The largest absolute Gasteiger partial charge is 0.493 e. The molecule has 1 aromatic carbocycles. The van der Waals surface area contributed by atoms with Crippen LogP contribution in [0.2, 0.25) is 0 Å². The van der Waals surface area contributed by atoms with Crippen molar-refractivity contribution in [2.24, 2.45) is 5.10 Å². The Labute approximate surface area is 160 Å². The molecule has 146 valence electrons. The zero-order valence-electron chi connectivity index (χ0n) is 15.6. The lowest BCUT2D eigenvalue weighted by Gasteiger charge is -2.17. The summed E-state index contributed by atoms with van der Waals surface area (Å²) in [4.78, 5) is 36.3. The predicted molar refractivity (Wildman–Crippen MR) is 98.3 cm³/mol. The Morgan fingerprint density at radius 3 is 2.71 bits per heavy atom. The molecule has 1 atom stereocenters. The van der Waals surface area contributed by atoms with Gasteiger partial charge in [0.1, 0.15) is 5.54 Å². The van der Waals surface area contributed by atoms with Gasteiger partial charge in [-0.05, 0) is 49.2 Å². The van der Waals surface area contributed by atoms with E-state index in [4.69, 9.17) is 13.9 Å². The van der Waals surface area contributed by atoms with Crippen LogP contribution in [0.1, 0.15) is 36.4 Å². The minimum atomic E-state index is -0.962. The number of carbonyl (C=O) groups excluding carboxylic acids is 3. The third-order valence-electron chi connectivity index (χ3n) is 4.38. The molecule has 1 saturated heterocycles. The Hall–Kier alpha value is -3.62. The summed E-state index contributed by atoms with van der Waals surface area (Å²) in [6.45, 7) is 3.45. The van der Waals surface area contributed by atoms with Crippen LogP contribution in [0.3, 0.4) is 0 Å². The molecule has 1 N–H and O–H groups in total. The molecule has 1 fully saturated rings. The van der Waals surface area contributed by atoms with Crippen molar-refractivity contribution in [1.29, 1.82) is 0 Å². The lowest BCUT2D eigenvalue weighted by molar-refractivity contribution is -0.130. The summed E-state index contributed by atoms with van der Waals surface area (Å²) in [6.07, 6.45) is 3.17. The number of nitrogens with one attached hydrogen (secondary N) is 1. The molecule has 0 radical (unpaired) electrons. The average Bonchev–Trinajstić information content (AvgIpc) is 3.29. The third kappa shape index (κ3) is 3.59. The first kappa shape index (κ1) is 19.2. The standard InChI is InChI=1S/C19H19N3O6/c1-4-19(2)17(24)22(18(25)21-19)20-11-12-7-8-13(15(10-12)26-3)28-16(23)14-6-5-9-27-14/h5-11H,4H2,1-3H3,(H,21,25)/b20-11-/t19-/m0/s1. The maximum absolute atomic E-state index is 12.3. The van der Waals surface area contributed by atoms with Crippen LogP contribution in [-0.2, 0) is 4.79 Å². The van der Waals surface area contributed by atoms with E-state index >= 15 is 0 Å². The highest BCUT2D eigenvalue weighted by molar-refractivity contribution is 6.07. The first-order valence-electron chi connectivity index (χ1n) is 8.52. The van der Waals surface area contributed by atoms with Gasteiger partial charge in [-0.3, -0.25) is 4.79 Å². The van der Waals surface area contributed by atoms with Crippen molar-refractivity contribution in [3.05, 3.63) is 47.9 Å². The van der Waals surface area contributed by atoms with Gasteiger partial charge in [-0.25, -0.2) is 9.59 Å². The second kappa shape index (κ2) is 7.55. The Kier molecular flexibility index (Phi) is 5.16. The molecular formula is C19H19N3O6. The van der Waals surface area contributed by atoms with E-state index in [1.165, 1.54) is 31.7 Å². The first-order chi connectivity index (χ1) is 13.4. The number of nitrogens with zero attached hydrogens (tertiary/aromatic N) is 2.